The molecule has 2 aromatic heterocycles. The summed E-state index contributed by atoms with van der Waals surface area (Å²) in [5.41, 5.74) is 3.85. The minimum Gasteiger partial charge on any atom is -0.463 e. The second-order valence-corrected chi connectivity index (χ2v) is 12.0. The van der Waals surface area contributed by atoms with Gasteiger partial charge in [-0.3, -0.25) is 9.36 Å². The van der Waals surface area contributed by atoms with E-state index in [4.69, 9.17) is 33.0 Å². The molecular weight excluding hydrogens is 622 g/mol. The highest BCUT2D eigenvalue weighted by Gasteiger charge is 2.33. The maximum atomic E-state index is 14.8. The number of para-hydroxylation sites is 1. The maximum Gasteiger partial charge on any atom is 0.338 e. The average Bonchev–Trinajstić information content (AvgIpc) is 3.56. The van der Waals surface area contributed by atoms with Gasteiger partial charge in [-0.25, -0.2) is 18.9 Å². The summed E-state index contributed by atoms with van der Waals surface area (Å²) < 4.78 is 23.7. The first kappa shape index (κ1) is 29.7. The summed E-state index contributed by atoms with van der Waals surface area (Å²) in [6.45, 7) is 5.18. The van der Waals surface area contributed by atoms with E-state index in [0.29, 0.717) is 53.0 Å². The molecule has 5 aromatic rings. The standard InChI is InChI=1S/C33H25Cl2FN4O3S/c1-4-43-32(42)28-19(3)37-33-40(30(28)21-11-10-18(2)26(36)15-21)31(41)27(44-33)16-22-17-39(23-8-6-5-7-9-23)38-29(22)20-12-13-24(34)25(35)14-20/h5-17,30H,4H2,1-3H3. The lowest BCUT2D eigenvalue weighted by atomic mass is 9.95. The molecule has 0 aliphatic carbocycles. The molecule has 1 aliphatic rings. The smallest absolute Gasteiger partial charge is 0.338 e. The molecule has 44 heavy (non-hydrogen) atoms. The summed E-state index contributed by atoms with van der Waals surface area (Å²) in [5.74, 6) is -1.05. The molecule has 0 radical (unpaired) electrons. The van der Waals surface area contributed by atoms with Gasteiger partial charge < -0.3 is 4.74 Å². The molecule has 1 aliphatic heterocycles. The highest BCUT2D eigenvalue weighted by molar-refractivity contribution is 7.07. The molecule has 11 heteroatoms. The average molecular weight is 648 g/mol. The van der Waals surface area contributed by atoms with Gasteiger partial charge in [-0.15, -0.1) is 0 Å². The second-order valence-electron chi connectivity index (χ2n) is 10.2. The molecule has 0 amide bonds. The van der Waals surface area contributed by atoms with Gasteiger partial charge in [0.2, 0.25) is 0 Å². The van der Waals surface area contributed by atoms with E-state index >= 15 is 0 Å². The van der Waals surface area contributed by atoms with Crippen LogP contribution in [0.3, 0.4) is 0 Å². The number of carbonyl (C=O) groups excluding carboxylic acids is 1. The number of rotatable bonds is 6. The van der Waals surface area contributed by atoms with Crippen molar-refractivity contribution in [3.05, 3.63) is 136 Å². The van der Waals surface area contributed by atoms with Crippen LogP contribution in [0.15, 0.2) is 94.0 Å². The fourth-order valence-electron chi connectivity index (χ4n) is 5.10. The number of esters is 1. The van der Waals surface area contributed by atoms with Crippen molar-refractivity contribution in [1.29, 1.82) is 0 Å². The number of aryl methyl sites for hydroxylation is 1. The van der Waals surface area contributed by atoms with E-state index in [0.717, 1.165) is 5.69 Å². The lowest BCUT2D eigenvalue weighted by Crippen LogP contribution is -2.40. The fraction of sp³-hybridized carbons (Fsp3) is 0.152. The summed E-state index contributed by atoms with van der Waals surface area (Å²) in [7, 11) is 0. The lowest BCUT2D eigenvalue weighted by molar-refractivity contribution is -0.139. The number of nitrogens with zero attached hydrogens (tertiary/aromatic N) is 4. The van der Waals surface area contributed by atoms with Crippen LogP contribution in [-0.4, -0.2) is 26.9 Å². The first-order valence-electron chi connectivity index (χ1n) is 13.7. The van der Waals surface area contributed by atoms with Crippen LogP contribution >= 0.6 is 34.5 Å². The number of hydrogen-bond donors (Lipinski definition) is 0. The minimum absolute atomic E-state index is 0.137. The van der Waals surface area contributed by atoms with Crippen molar-refractivity contribution < 1.29 is 13.9 Å². The third-order valence-corrected chi connectivity index (χ3v) is 8.99. The van der Waals surface area contributed by atoms with Gasteiger partial charge in [0.05, 0.1) is 44.2 Å². The van der Waals surface area contributed by atoms with Gasteiger partial charge >= 0.3 is 5.97 Å². The summed E-state index contributed by atoms with van der Waals surface area (Å²) in [6.07, 6.45) is 3.57. The number of benzene rings is 3. The van der Waals surface area contributed by atoms with E-state index < -0.39 is 17.8 Å². The van der Waals surface area contributed by atoms with Gasteiger partial charge in [0.25, 0.3) is 5.56 Å². The number of hydrogen-bond acceptors (Lipinski definition) is 6. The summed E-state index contributed by atoms with van der Waals surface area (Å²) in [4.78, 5) is 32.3. The third-order valence-electron chi connectivity index (χ3n) is 7.27. The SMILES string of the molecule is CCOC(=O)C1=C(C)N=c2sc(=Cc3cn(-c4ccccc4)nc3-c3ccc(Cl)c(Cl)c3)c(=O)n2C1c1ccc(C)c(F)c1. The maximum absolute atomic E-state index is 14.8. The number of fused-ring (bicyclic) bond motifs is 1. The Labute approximate surface area is 265 Å². The number of allylic oxidation sites excluding steroid dienone is 1. The summed E-state index contributed by atoms with van der Waals surface area (Å²) in [5, 5.41) is 5.60. The van der Waals surface area contributed by atoms with Crippen molar-refractivity contribution >= 4 is 46.6 Å². The Balaban J connectivity index is 1.58. The molecule has 0 saturated carbocycles. The zero-order chi connectivity index (χ0) is 31.1. The zero-order valence-electron chi connectivity index (χ0n) is 23.8. The Morgan fingerprint density at radius 2 is 1.84 bits per heavy atom. The molecule has 1 atom stereocenters. The van der Waals surface area contributed by atoms with Gasteiger partial charge in [-0.05, 0) is 68.3 Å². The van der Waals surface area contributed by atoms with Crippen LogP contribution in [0.1, 0.15) is 36.6 Å². The van der Waals surface area contributed by atoms with E-state index in [1.54, 1.807) is 55.8 Å². The van der Waals surface area contributed by atoms with Gasteiger partial charge in [-0.2, -0.15) is 5.10 Å². The second kappa shape index (κ2) is 12.0. The van der Waals surface area contributed by atoms with Crippen molar-refractivity contribution in [2.75, 3.05) is 6.61 Å². The van der Waals surface area contributed by atoms with Crippen molar-refractivity contribution in [3.63, 3.8) is 0 Å². The number of ether oxygens (including phenoxy) is 1. The van der Waals surface area contributed by atoms with Crippen LogP contribution in [0, 0.1) is 12.7 Å². The van der Waals surface area contributed by atoms with E-state index in [1.807, 2.05) is 42.6 Å². The minimum atomic E-state index is -0.927. The number of aromatic nitrogens is 3. The van der Waals surface area contributed by atoms with Crippen LogP contribution < -0.4 is 14.9 Å². The highest BCUT2D eigenvalue weighted by atomic mass is 35.5. The summed E-state index contributed by atoms with van der Waals surface area (Å²) in [6, 6.07) is 18.6. The topological polar surface area (TPSA) is 78.5 Å². The Bertz CT molecular complexity index is 2150. The molecule has 222 valence electrons. The van der Waals surface area contributed by atoms with E-state index in [2.05, 4.69) is 4.99 Å². The molecule has 0 N–H and O–H groups in total. The predicted molar refractivity (Wildman–Crippen MR) is 171 cm³/mol. The van der Waals surface area contributed by atoms with Crippen LogP contribution in [0.5, 0.6) is 0 Å². The van der Waals surface area contributed by atoms with Crippen LogP contribution in [0.4, 0.5) is 4.39 Å². The summed E-state index contributed by atoms with van der Waals surface area (Å²) >= 11 is 13.7. The zero-order valence-corrected chi connectivity index (χ0v) is 26.2. The molecule has 0 bridgehead atoms. The quantitative estimate of drug-likeness (QED) is 0.200. The monoisotopic (exact) mass is 646 g/mol. The lowest BCUT2D eigenvalue weighted by Gasteiger charge is -2.24. The Morgan fingerprint density at radius 1 is 1.07 bits per heavy atom. The highest BCUT2D eigenvalue weighted by Crippen LogP contribution is 2.33. The van der Waals surface area contributed by atoms with Crippen molar-refractivity contribution in [3.8, 4) is 16.9 Å². The molecule has 0 saturated heterocycles. The fourth-order valence-corrected chi connectivity index (χ4v) is 6.44. The van der Waals surface area contributed by atoms with Crippen LogP contribution in [0.2, 0.25) is 10.0 Å². The Hall–Kier alpha value is -4.31. The third kappa shape index (κ3) is 5.43. The van der Waals surface area contributed by atoms with Crippen molar-refractivity contribution in [2.45, 2.75) is 26.8 Å². The first-order valence-corrected chi connectivity index (χ1v) is 15.3. The van der Waals surface area contributed by atoms with Crippen LogP contribution in [-0.2, 0) is 9.53 Å². The molecule has 0 spiro atoms. The molecule has 3 heterocycles. The van der Waals surface area contributed by atoms with Crippen molar-refractivity contribution in [2.24, 2.45) is 4.99 Å². The molecule has 7 nitrogen and oxygen atoms in total. The first-order chi connectivity index (χ1) is 21.2. The van der Waals surface area contributed by atoms with E-state index in [9.17, 15) is 14.0 Å². The predicted octanol–water partition coefficient (Wildman–Crippen LogP) is 6.41. The Morgan fingerprint density at radius 3 is 2.55 bits per heavy atom. The largest absolute Gasteiger partial charge is 0.463 e. The van der Waals surface area contributed by atoms with Crippen LogP contribution in [0.25, 0.3) is 23.0 Å². The molecule has 1 unspecified atom stereocenters. The molecule has 0 fully saturated rings. The number of halogens is 3. The van der Waals surface area contributed by atoms with Gasteiger partial charge in [0.1, 0.15) is 11.5 Å². The molecule has 3 aromatic carbocycles. The van der Waals surface area contributed by atoms with Gasteiger partial charge in [0, 0.05) is 17.3 Å². The normalized spacial score (nSPS) is 14.9. The molecule has 6 rings (SSSR count). The van der Waals surface area contributed by atoms with E-state index in [-0.39, 0.29) is 17.7 Å². The van der Waals surface area contributed by atoms with E-state index in [1.165, 1.54) is 22.0 Å². The number of thiazole rings is 1. The number of carbonyl (C=O) groups is 1. The Kier molecular flexibility index (Phi) is 8.11. The van der Waals surface area contributed by atoms with Crippen molar-refractivity contribution in [1.82, 2.24) is 14.3 Å². The molecular formula is C33H25Cl2FN4O3S. The van der Waals surface area contributed by atoms with Gasteiger partial charge in [-0.1, -0.05) is 70.9 Å². The van der Waals surface area contributed by atoms with Gasteiger partial charge in [0.15, 0.2) is 4.80 Å².